The molecule has 1 atom stereocenters. The van der Waals surface area contributed by atoms with Gasteiger partial charge < -0.3 is 10.1 Å². The summed E-state index contributed by atoms with van der Waals surface area (Å²) in [5, 5.41) is 14.3. The minimum Gasteiger partial charge on any atom is -0.490 e. The number of hydrogen-bond acceptors (Lipinski definition) is 4. The lowest BCUT2D eigenvalue weighted by Gasteiger charge is -2.27. The quantitative estimate of drug-likeness (QED) is 0.641. The van der Waals surface area contributed by atoms with E-state index >= 15 is 0 Å². The van der Waals surface area contributed by atoms with Crippen LogP contribution >= 0.6 is 0 Å². The standard InChI is InChI=1S/C15H24N2O3/c1-11(15(2,3)4)9-16-10-12-6-7-14(20-5)13(8-12)17(18)19/h6-8,11,16H,9-10H2,1-5H3. The first-order valence-electron chi connectivity index (χ1n) is 6.77. The van der Waals surface area contributed by atoms with E-state index in [1.54, 1.807) is 12.1 Å². The maximum absolute atomic E-state index is 11.0. The van der Waals surface area contributed by atoms with Crippen molar-refractivity contribution in [3.63, 3.8) is 0 Å². The Hall–Kier alpha value is -1.62. The van der Waals surface area contributed by atoms with Gasteiger partial charge in [-0.05, 0) is 29.5 Å². The molecule has 0 aromatic heterocycles. The van der Waals surface area contributed by atoms with Crippen molar-refractivity contribution in [2.24, 2.45) is 11.3 Å². The van der Waals surface area contributed by atoms with Crippen LogP contribution in [0.25, 0.3) is 0 Å². The third-order valence-electron chi connectivity index (χ3n) is 3.70. The number of nitro groups is 1. The van der Waals surface area contributed by atoms with Crippen LogP contribution in [-0.4, -0.2) is 18.6 Å². The van der Waals surface area contributed by atoms with Gasteiger partial charge in [0, 0.05) is 12.6 Å². The second kappa shape index (κ2) is 6.70. The number of rotatable bonds is 6. The summed E-state index contributed by atoms with van der Waals surface area (Å²) in [5.74, 6) is 0.817. The van der Waals surface area contributed by atoms with Crippen LogP contribution in [-0.2, 0) is 6.54 Å². The van der Waals surface area contributed by atoms with Gasteiger partial charge in [-0.15, -0.1) is 0 Å². The SMILES string of the molecule is COc1ccc(CNCC(C)C(C)(C)C)cc1[N+](=O)[O-]. The first-order chi connectivity index (χ1) is 9.25. The van der Waals surface area contributed by atoms with Gasteiger partial charge in [0.05, 0.1) is 12.0 Å². The molecule has 1 N–H and O–H groups in total. The minimum absolute atomic E-state index is 0.00988. The largest absolute Gasteiger partial charge is 0.490 e. The number of ether oxygens (including phenoxy) is 1. The zero-order chi connectivity index (χ0) is 15.3. The number of nitrogens with zero attached hydrogens (tertiary/aromatic N) is 1. The van der Waals surface area contributed by atoms with Gasteiger partial charge >= 0.3 is 5.69 Å². The maximum atomic E-state index is 11.0. The summed E-state index contributed by atoms with van der Waals surface area (Å²) < 4.78 is 4.99. The molecule has 1 unspecified atom stereocenters. The average molecular weight is 280 g/mol. The number of nitro benzene ring substituents is 1. The average Bonchev–Trinajstić information content (AvgIpc) is 2.37. The van der Waals surface area contributed by atoms with Crippen molar-refractivity contribution in [1.82, 2.24) is 5.32 Å². The summed E-state index contributed by atoms with van der Waals surface area (Å²) >= 11 is 0. The van der Waals surface area contributed by atoms with E-state index in [0.717, 1.165) is 12.1 Å². The summed E-state index contributed by atoms with van der Waals surface area (Å²) in [6, 6.07) is 5.05. The van der Waals surface area contributed by atoms with E-state index in [9.17, 15) is 10.1 Å². The highest BCUT2D eigenvalue weighted by Crippen LogP contribution is 2.28. The zero-order valence-corrected chi connectivity index (χ0v) is 12.9. The Bertz CT molecular complexity index is 467. The Kier molecular flexibility index (Phi) is 5.51. The lowest BCUT2D eigenvalue weighted by molar-refractivity contribution is -0.385. The van der Waals surface area contributed by atoms with E-state index < -0.39 is 4.92 Å². The van der Waals surface area contributed by atoms with Crippen molar-refractivity contribution >= 4 is 5.69 Å². The molecule has 1 rings (SSSR count). The molecule has 0 aliphatic rings. The first-order valence-corrected chi connectivity index (χ1v) is 6.77. The fourth-order valence-electron chi connectivity index (χ4n) is 1.73. The van der Waals surface area contributed by atoms with Crippen molar-refractivity contribution in [2.45, 2.75) is 34.2 Å². The van der Waals surface area contributed by atoms with E-state index in [1.165, 1.54) is 7.11 Å². The number of methoxy groups -OCH3 is 1. The second-order valence-electron chi connectivity index (χ2n) is 6.16. The summed E-state index contributed by atoms with van der Waals surface area (Å²) in [7, 11) is 1.44. The van der Waals surface area contributed by atoms with E-state index in [2.05, 4.69) is 33.0 Å². The molecule has 1 aromatic carbocycles. The predicted octanol–water partition coefficient (Wildman–Crippen LogP) is 3.38. The van der Waals surface area contributed by atoms with Gasteiger partial charge in [0.2, 0.25) is 0 Å². The van der Waals surface area contributed by atoms with Gasteiger partial charge in [-0.1, -0.05) is 33.8 Å². The number of benzene rings is 1. The van der Waals surface area contributed by atoms with Crippen molar-refractivity contribution in [2.75, 3.05) is 13.7 Å². The molecule has 0 saturated carbocycles. The molecule has 0 spiro atoms. The molecule has 0 aliphatic heterocycles. The van der Waals surface area contributed by atoms with Gasteiger partial charge in [-0.2, -0.15) is 0 Å². The molecule has 0 bridgehead atoms. The molecule has 5 nitrogen and oxygen atoms in total. The predicted molar refractivity (Wildman–Crippen MR) is 80.0 cm³/mol. The molecule has 0 saturated heterocycles. The first kappa shape index (κ1) is 16.4. The fourth-order valence-corrected chi connectivity index (χ4v) is 1.73. The van der Waals surface area contributed by atoms with Gasteiger partial charge in [-0.3, -0.25) is 10.1 Å². The monoisotopic (exact) mass is 280 g/mol. The van der Waals surface area contributed by atoms with Gasteiger partial charge in [-0.25, -0.2) is 0 Å². The van der Waals surface area contributed by atoms with Crippen LogP contribution in [0.3, 0.4) is 0 Å². The second-order valence-corrected chi connectivity index (χ2v) is 6.16. The van der Waals surface area contributed by atoms with Crippen LogP contribution < -0.4 is 10.1 Å². The van der Waals surface area contributed by atoms with Crippen LogP contribution in [0.2, 0.25) is 0 Å². The molecule has 0 heterocycles. The molecule has 20 heavy (non-hydrogen) atoms. The molecule has 0 amide bonds. The Morgan fingerprint density at radius 3 is 2.55 bits per heavy atom. The Balaban J connectivity index is 2.66. The Labute approximate surface area is 120 Å². The summed E-state index contributed by atoms with van der Waals surface area (Å²) in [6.07, 6.45) is 0. The highest BCUT2D eigenvalue weighted by atomic mass is 16.6. The van der Waals surface area contributed by atoms with Crippen LogP contribution in [0.5, 0.6) is 5.75 Å². The van der Waals surface area contributed by atoms with Crippen molar-refractivity contribution in [3.05, 3.63) is 33.9 Å². The lowest BCUT2D eigenvalue weighted by Crippen LogP contribution is -2.29. The van der Waals surface area contributed by atoms with E-state index in [-0.39, 0.29) is 11.1 Å². The van der Waals surface area contributed by atoms with Gasteiger partial charge in [0.15, 0.2) is 5.75 Å². The van der Waals surface area contributed by atoms with Crippen molar-refractivity contribution < 1.29 is 9.66 Å². The number of nitrogens with one attached hydrogen (secondary N) is 1. The normalized spacial score (nSPS) is 13.1. The van der Waals surface area contributed by atoms with Crippen LogP contribution in [0, 0.1) is 21.4 Å². The van der Waals surface area contributed by atoms with Crippen LogP contribution in [0.15, 0.2) is 18.2 Å². The fraction of sp³-hybridized carbons (Fsp3) is 0.600. The van der Waals surface area contributed by atoms with E-state index in [4.69, 9.17) is 4.74 Å². The third-order valence-corrected chi connectivity index (χ3v) is 3.70. The highest BCUT2D eigenvalue weighted by molar-refractivity contribution is 5.48. The molecule has 0 radical (unpaired) electrons. The lowest BCUT2D eigenvalue weighted by atomic mass is 9.82. The molecular formula is C15H24N2O3. The topological polar surface area (TPSA) is 64.4 Å². The Morgan fingerprint density at radius 1 is 1.40 bits per heavy atom. The zero-order valence-electron chi connectivity index (χ0n) is 12.9. The van der Waals surface area contributed by atoms with E-state index in [0.29, 0.717) is 18.2 Å². The molecule has 112 valence electrons. The minimum atomic E-state index is -0.417. The number of hydrogen-bond donors (Lipinski definition) is 1. The van der Waals surface area contributed by atoms with Crippen molar-refractivity contribution in [3.8, 4) is 5.75 Å². The highest BCUT2D eigenvalue weighted by Gasteiger charge is 2.19. The molecule has 0 fully saturated rings. The molecule has 5 heteroatoms. The summed E-state index contributed by atoms with van der Waals surface area (Å²) in [4.78, 5) is 10.5. The van der Waals surface area contributed by atoms with Crippen LogP contribution in [0.4, 0.5) is 5.69 Å². The maximum Gasteiger partial charge on any atom is 0.311 e. The smallest absolute Gasteiger partial charge is 0.311 e. The third kappa shape index (κ3) is 4.49. The van der Waals surface area contributed by atoms with Gasteiger partial charge in [0.1, 0.15) is 0 Å². The van der Waals surface area contributed by atoms with Crippen molar-refractivity contribution in [1.29, 1.82) is 0 Å². The molecule has 0 aliphatic carbocycles. The van der Waals surface area contributed by atoms with E-state index in [1.807, 2.05) is 6.07 Å². The molecule has 1 aromatic rings. The summed E-state index contributed by atoms with van der Waals surface area (Å²) in [5.41, 5.74) is 1.15. The molecular weight excluding hydrogens is 256 g/mol. The summed E-state index contributed by atoms with van der Waals surface area (Å²) in [6.45, 7) is 10.3. The van der Waals surface area contributed by atoms with Crippen LogP contribution in [0.1, 0.15) is 33.3 Å². The Morgan fingerprint density at radius 2 is 2.05 bits per heavy atom. The van der Waals surface area contributed by atoms with Gasteiger partial charge in [0.25, 0.3) is 0 Å².